The van der Waals surface area contributed by atoms with Gasteiger partial charge in [0.15, 0.2) is 0 Å². The molecule has 6 heteroatoms. The SMILES string of the molecule is CCOc1ccc(N2C(=O)c3ccccc3N[C@@H]2c2ccc(Cl)c(Cl)c2)cc1. The van der Waals surface area contributed by atoms with Crippen molar-refractivity contribution in [1.82, 2.24) is 0 Å². The first-order valence-corrected chi connectivity index (χ1v) is 9.71. The van der Waals surface area contributed by atoms with Crippen LogP contribution in [0.2, 0.25) is 10.0 Å². The number of carbonyl (C=O) groups is 1. The molecule has 1 amide bonds. The van der Waals surface area contributed by atoms with Crippen LogP contribution in [-0.2, 0) is 0 Å². The van der Waals surface area contributed by atoms with Crippen LogP contribution < -0.4 is 15.0 Å². The maximum absolute atomic E-state index is 13.4. The number of nitrogens with zero attached hydrogens (tertiary/aromatic N) is 1. The molecular weight excluding hydrogens is 395 g/mol. The molecule has 0 aromatic heterocycles. The second-order valence-electron chi connectivity index (χ2n) is 6.37. The molecule has 0 spiro atoms. The number of fused-ring (bicyclic) bond motifs is 1. The summed E-state index contributed by atoms with van der Waals surface area (Å²) in [5.74, 6) is 0.671. The van der Waals surface area contributed by atoms with Gasteiger partial charge in [-0.3, -0.25) is 9.69 Å². The highest BCUT2D eigenvalue weighted by Gasteiger charge is 2.34. The predicted octanol–water partition coefficient (Wildman–Crippen LogP) is 6.16. The maximum Gasteiger partial charge on any atom is 0.262 e. The van der Waals surface area contributed by atoms with Crippen molar-refractivity contribution < 1.29 is 9.53 Å². The average molecular weight is 413 g/mol. The zero-order chi connectivity index (χ0) is 19.7. The van der Waals surface area contributed by atoms with E-state index in [0.29, 0.717) is 22.2 Å². The Morgan fingerprint density at radius 3 is 2.46 bits per heavy atom. The number of rotatable bonds is 4. The minimum absolute atomic E-state index is 0.0883. The summed E-state index contributed by atoms with van der Waals surface area (Å²) in [4.78, 5) is 15.1. The van der Waals surface area contributed by atoms with E-state index < -0.39 is 6.17 Å². The van der Waals surface area contributed by atoms with Crippen LogP contribution in [0.15, 0.2) is 66.7 Å². The fraction of sp³-hybridized carbons (Fsp3) is 0.136. The Hall–Kier alpha value is -2.69. The monoisotopic (exact) mass is 412 g/mol. The topological polar surface area (TPSA) is 41.6 Å². The van der Waals surface area contributed by atoms with Crippen LogP contribution in [0.1, 0.15) is 29.0 Å². The number of carbonyl (C=O) groups excluding carboxylic acids is 1. The van der Waals surface area contributed by atoms with Gasteiger partial charge in [0.1, 0.15) is 11.9 Å². The third-order valence-electron chi connectivity index (χ3n) is 4.61. The number of halogens is 2. The molecule has 3 aromatic carbocycles. The molecule has 0 fully saturated rings. The molecule has 4 nitrogen and oxygen atoms in total. The van der Waals surface area contributed by atoms with Gasteiger partial charge in [0.05, 0.1) is 22.2 Å². The van der Waals surface area contributed by atoms with Crippen LogP contribution >= 0.6 is 23.2 Å². The van der Waals surface area contributed by atoms with E-state index in [4.69, 9.17) is 27.9 Å². The van der Waals surface area contributed by atoms with Gasteiger partial charge in [0, 0.05) is 11.4 Å². The highest BCUT2D eigenvalue weighted by atomic mass is 35.5. The molecule has 1 atom stereocenters. The normalized spacial score (nSPS) is 15.8. The number of nitrogens with one attached hydrogen (secondary N) is 1. The number of hydrogen-bond acceptors (Lipinski definition) is 3. The largest absolute Gasteiger partial charge is 0.494 e. The Kier molecular flexibility index (Phi) is 5.16. The molecule has 0 saturated heterocycles. The number of para-hydroxylation sites is 1. The van der Waals surface area contributed by atoms with Crippen molar-refractivity contribution >= 4 is 40.5 Å². The third-order valence-corrected chi connectivity index (χ3v) is 5.35. The number of benzene rings is 3. The van der Waals surface area contributed by atoms with Crippen molar-refractivity contribution in [2.24, 2.45) is 0 Å². The molecular formula is C22H18Cl2N2O2. The minimum Gasteiger partial charge on any atom is -0.494 e. The molecule has 3 aromatic rings. The average Bonchev–Trinajstić information content (AvgIpc) is 2.71. The lowest BCUT2D eigenvalue weighted by Crippen LogP contribution is -2.43. The number of hydrogen-bond donors (Lipinski definition) is 1. The summed E-state index contributed by atoms with van der Waals surface area (Å²) in [5, 5.41) is 4.37. The van der Waals surface area contributed by atoms with Crippen LogP contribution in [0.25, 0.3) is 0 Å². The number of anilines is 2. The summed E-state index contributed by atoms with van der Waals surface area (Å²) in [7, 11) is 0. The predicted molar refractivity (Wildman–Crippen MR) is 114 cm³/mol. The van der Waals surface area contributed by atoms with Crippen LogP contribution in [0.4, 0.5) is 11.4 Å². The second kappa shape index (κ2) is 7.74. The second-order valence-corrected chi connectivity index (χ2v) is 7.18. The van der Waals surface area contributed by atoms with E-state index in [1.54, 1.807) is 17.0 Å². The van der Waals surface area contributed by atoms with E-state index >= 15 is 0 Å². The van der Waals surface area contributed by atoms with Crippen molar-refractivity contribution in [3.63, 3.8) is 0 Å². The summed E-state index contributed by atoms with van der Waals surface area (Å²) in [5.41, 5.74) is 3.00. The molecule has 0 radical (unpaired) electrons. The van der Waals surface area contributed by atoms with Crippen molar-refractivity contribution in [1.29, 1.82) is 0 Å². The third kappa shape index (κ3) is 3.41. The molecule has 1 aliphatic heterocycles. The van der Waals surface area contributed by atoms with Crippen molar-refractivity contribution in [3.8, 4) is 5.75 Å². The van der Waals surface area contributed by atoms with Crippen LogP contribution in [0.5, 0.6) is 5.75 Å². The summed E-state index contributed by atoms with van der Waals surface area (Å²) < 4.78 is 5.52. The Morgan fingerprint density at radius 1 is 1.00 bits per heavy atom. The van der Waals surface area contributed by atoms with Crippen molar-refractivity contribution in [2.75, 3.05) is 16.8 Å². The number of amides is 1. The lowest BCUT2D eigenvalue weighted by atomic mass is 10.0. The molecule has 28 heavy (non-hydrogen) atoms. The van der Waals surface area contributed by atoms with E-state index in [0.717, 1.165) is 22.7 Å². The van der Waals surface area contributed by atoms with Gasteiger partial charge in [-0.15, -0.1) is 0 Å². The Bertz CT molecular complexity index is 1020. The molecule has 4 rings (SSSR count). The van der Waals surface area contributed by atoms with Gasteiger partial charge >= 0.3 is 0 Å². The quantitative estimate of drug-likeness (QED) is 0.557. The van der Waals surface area contributed by atoms with Gasteiger partial charge in [-0.25, -0.2) is 0 Å². The highest BCUT2D eigenvalue weighted by molar-refractivity contribution is 6.42. The number of ether oxygens (including phenoxy) is 1. The first kappa shape index (κ1) is 18.7. The molecule has 1 N–H and O–H groups in total. The van der Waals surface area contributed by atoms with Crippen LogP contribution in [0.3, 0.4) is 0 Å². The minimum atomic E-state index is -0.421. The van der Waals surface area contributed by atoms with Gasteiger partial charge < -0.3 is 10.1 Å². The Morgan fingerprint density at radius 2 is 1.75 bits per heavy atom. The smallest absolute Gasteiger partial charge is 0.262 e. The van der Waals surface area contributed by atoms with Crippen LogP contribution in [-0.4, -0.2) is 12.5 Å². The van der Waals surface area contributed by atoms with Crippen molar-refractivity contribution in [2.45, 2.75) is 13.1 Å². The van der Waals surface area contributed by atoms with E-state index in [-0.39, 0.29) is 5.91 Å². The van der Waals surface area contributed by atoms with E-state index in [9.17, 15) is 4.79 Å². The summed E-state index contributed by atoms with van der Waals surface area (Å²) in [6, 6.07) is 20.3. The lowest BCUT2D eigenvalue weighted by molar-refractivity contribution is 0.0975. The lowest BCUT2D eigenvalue weighted by Gasteiger charge is -2.38. The van der Waals surface area contributed by atoms with Crippen LogP contribution in [0, 0.1) is 0 Å². The summed E-state index contributed by atoms with van der Waals surface area (Å²) >= 11 is 12.3. The maximum atomic E-state index is 13.4. The van der Waals surface area contributed by atoms with E-state index in [1.807, 2.05) is 61.5 Å². The molecule has 0 unspecified atom stereocenters. The van der Waals surface area contributed by atoms with Gasteiger partial charge in [0.2, 0.25) is 0 Å². The van der Waals surface area contributed by atoms with Crippen molar-refractivity contribution in [3.05, 3.63) is 87.9 Å². The fourth-order valence-electron chi connectivity index (χ4n) is 3.31. The summed E-state index contributed by atoms with van der Waals surface area (Å²) in [6.07, 6.45) is -0.421. The van der Waals surface area contributed by atoms with E-state index in [2.05, 4.69) is 5.32 Å². The zero-order valence-electron chi connectivity index (χ0n) is 15.2. The van der Waals surface area contributed by atoms with Gasteiger partial charge in [-0.1, -0.05) is 41.4 Å². The fourth-order valence-corrected chi connectivity index (χ4v) is 3.61. The zero-order valence-corrected chi connectivity index (χ0v) is 16.7. The highest BCUT2D eigenvalue weighted by Crippen LogP contribution is 2.38. The first-order chi connectivity index (χ1) is 13.6. The summed E-state index contributed by atoms with van der Waals surface area (Å²) in [6.45, 7) is 2.52. The Labute approximate surface area is 173 Å². The molecule has 0 bridgehead atoms. The molecule has 1 aliphatic rings. The van der Waals surface area contributed by atoms with Gasteiger partial charge in [-0.2, -0.15) is 0 Å². The van der Waals surface area contributed by atoms with Gasteiger partial charge in [0.25, 0.3) is 5.91 Å². The van der Waals surface area contributed by atoms with Gasteiger partial charge in [-0.05, 0) is 61.0 Å². The standard InChI is InChI=1S/C22H18Cl2N2O2/c1-2-28-16-10-8-15(9-11-16)26-21(14-7-12-18(23)19(24)13-14)25-20-6-4-3-5-17(20)22(26)27/h3-13,21,25H,2H2,1H3/t21-/m0/s1. The Balaban J connectivity index is 1.81. The van der Waals surface area contributed by atoms with E-state index in [1.165, 1.54) is 0 Å². The molecule has 1 heterocycles. The molecule has 0 saturated carbocycles. The molecule has 0 aliphatic carbocycles. The molecule has 142 valence electrons. The first-order valence-electron chi connectivity index (χ1n) is 8.95.